The van der Waals surface area contributed by atoms with Gasteiger partial charge in [0, 0.05) is 48.1 Å². The summed E-state index contributed by atoms with van der Waals surface area (Å²) in [5.74, 6) is 1.10. The Labute approximate surface area is 299 Å². The van der Waals surface area contributed by atoms with Crippen LogP contribution >= 0.6 is 0 Å². The second-order valence-electron chi connectivity index (χ2n) is 12.5. The molecular weight excluding hydrogens is 667 g/mol. The summed E-state index contributed by atoms with van der Waals surface area (Å²) in [5.41, 5.74) is 4.74. The van der Waals surface area contributed by atoms with Gasteiger partial charge in [0.1, 0.15) is 11.6 Å². The highest BCUT2D eigenvalue weighted by Crippen LogP contribution is 2.33. The molecule has 0 aliphatic carbocycles. The summed E-state index contributed by atoms with van der Waals surface area (Å²) < 4.78 is 42.7. The lowest BCUT2D eigenvalue weighted by molar-refractivity contribution is -0.117. The Bertz CT molecular complexity index is 2180. The minimum absolute atomic E-state index is 0.0751. The van der Waals surface area contributed by atoms with Crippen molar-refractivity contribution < 1.29 is 22.5 Å². The molecule has 0 aliphatic rings. The number of hydrogen-bond donors (Lipinski definition) is 1. The quantitative estimate of drug-likeness (QED) is 0.126. The topological polar surface area (TPSA) is 137 Å². The summed E-state index contributed by atoms with van der Waals surface area (Å²) in [6.07, 6.45) is 2.30. The molecule has 5 rings (SSSR count). The van der Waals surface area contributed by atoms with E-state index in [0.29, 0.717) is 52.6 Å². The number of aryl methyl sites for hydroxylation is 3. The summed E-state index contributed by atoms with van der Waals surface area (Å²) >= 11 is 0. The van der Waals surface area contributed by atoms with Gasteiger partial charge in [-0.1, -0.05) is 73.1 Å². The molecule has 5 aromatic rings. The predicted octanol–water partition coefficient (Wildman–Crippen LogP) is 6.76. The third-order valence-corrected chi connectivity index (χ3v) is 10.4. The Morgan fingerprint density at radius 1 is 0.980 bits per heavy atom. The Hall–Kier alpha value is -5.07. The maximum Gasteiger partial charge on any atom is 0.263 e. The molecule has 2 heterocycles. The fourth-order valence-electron chi connectivity index (χ4n) is 5.85. The monoisotopic (exact) mass is 711 g/mol. The van der Waals surface area contributed by atoms with Crippen molar-refractivity contribution >= 4 is 27.4 Å². The van der Waals surface area contributed by atoms with Gasteiger partial charge in [-0.05, 0) is 69.0 Å². The van der Waals surface area contributed by atoms with Crippen molar-refractivity contribution in [2.45, 2.75) is 78.3 Å². The van der Waals surface area contributed by atoms with Crippen molar-refractivity contribution in [1.29, 1.82) is 0 Å². The van der Waals surface area contributed by atoms with E-state index in [2.05, 4.69) is 16.8 Å². The molecule has 0 unspecified atom stereocenters. The number of hydrogen-bond acceptors (Lipinski definition) is 8. The summed E-state index contributed by atoms with van der Waals surface area (Å²) in [5, 5.41) is 3.88. The molecule has 2 aromatic heterocycles. The molecule has 12 heteroatoms. The van der Waals surface area contributed by atoms with Crippen molar-refractivity contribution in [3.8, 4) is 11.1 Å². The molecule has 0 atom stereocenters. The molecule has 0 aliphatic heterocycles. The number of likely N-dealkylation sites (N-methyl/N-ethyl adjacent to an activating group) is 1. The minimum atomic E-state index is -4.06. The molecule has 268 valence electrons. The van der Waals surface area contributed by atoms with E-state index < -0.39 is 10.0 Å². The van der Waals surface area contributed by atoms with Gasteiger partial charge in [-0.25, -0.2) is 13.4 Å². The number of benzene rings is 3. The summed E-state index contributed by atoms with van der Waals surface area (Å²) in [7, 11) is -2.36. The van der Waals surface area contributed by atoms with Crippen molar-refractivity contribution in [2.24, 2.45) is 0 Å². The summed E-state index contributed by atoms with van der Waals surface area (Å²) in [4.78, 5) is 34.0. The van der Waals surface area contributed by atoms with Crippen LogP contribution in [0.4, 0.5) is 11.5 Å². The molecule has 1 amide bonds. The fraction of sp³-hybridized carbons (Fsp3) is 0.333. The maximum absolute atomic E-state index is 14.2. The van der Waals surface area contributed by atoms with Crippen LogP contribution in [0.3, 0.4) is 0 Å². The second-order valence-corrected chi connectivity index (χ2v) is 14.1. The zero-order valence-electron chi connectivity index (χ0n) is 30.0. The lowest BCUT2D eigenvalue weighted by atomic mass is 9.97. The highest BCUT2D eigenvalue weighted by Gasteiger charge is 2.24. The van der Waals surface area contributed by atoms with Crippen molar-refractivity contribution in [3.05, 3.63) is 123 Å². The largest absolute Gasteiger partial charge is 0.377 e. The lowest BCUT2D eigenvalue weighted by Gasteiger charge is -2.20. The average Bonchev–Trinajstić information content (AvgIpc) is 3.44. The first-order valence-electron chi connectivity index (χ1n) is 17.1. The fourth-order valence-corrected chi connectivity index (χ4v) is 7.14. The average molecular weight is 712 g/mol. The van der Waals surface area contributed by atoms with Crippen LogP contribution in [0, 0.1) is 20.8 Å². The van der Waals surface area contributed by atoms with Crippen LogP contribution in [-0.4, -0.2) is 42.7 Å². The molecule has 0 saturated heterocycles. The zero-order chi connectivity index (χ0) is 36.7. The molecule has 11 nitrogen and oxygen atoms in total. The van der Waals surface area contributed by atoms with E-state index in [0.717, 1.165) is 29.7 Å². The van der Waals surface area contributed by atoms with E-state index in [1.807, 2.05) is 55.5 Å². The number of carbonyl (C=O) groups is 1. The van der Waals surface area contributed by atoms with Crippen LogP contribution in [-0.2, 0) is 45.5 Å². The second kappa shape index (κ2) is 16.3. The number of rotatable bonds is 15. The Morgan fingerprint density at radius 3 is 2.39 bits per heavy atom. The smallest absolute Gasteiger partial charge is 0.263 e. The highest BCUT2D eigenvalue weighted by atomic mass is 32.2. The van der Waals surface area contributed by atoms with E-state index in [1.165, 1.54) is 0 Å². The number of nitrogens with one attached hydrogen (secondary N) is 1. The third-order valence-electron chi connectivity index (χ3n) is 8.97. The van der Waals surface area contributed by atoms with Gasteiger partial charge in [-0.3, -0.25) is 18.9 Å². The van der Waals surface area contributed by atoms with Crippen LogP contribution in [0.2, 0.25) is 0 Å². The Balaban J connectivity index is 1.53. The number of sulfonamides is 1. The van der Waals surface area contributed by atoms with Gasteiger partial charge in [0.2, 0.25) is 5.91 Å². The predicted molar refractivity (Wildman–Crippen MR) is 198 cm³/mol. The van der Waals surface area contributed by atoms with Gasteiger partial charge in [0.25, 0.3) is 15.6 Å². The standard InChI is InChI=1S/C39H45N5O6S/c1-7-9-19-36-40-27(4)34(23-37(45)43(6)31-15-11-10-12-16-31)39(46)44(36)24-29-20-21-32(30(22-29)25-49-8-2)33-17-13-14-18-35(33)51(47,48)42-38-26(3)28(5)50-41-38/h10-18,20-22H,7-9,19,23-25H2,1-6H3,(H,41,42). The Morgan fingerprint density at radius 2 is 1.71 bits per heavy atom. The van der Waals surface area contributed by atoms with Crippen molar-refractivity contribution in [1.82, 2.24) is 14.7 Å². The lowest BCUT2D eigenvalue weighted by Crippen LogP contribution is -2.35. The van der Waals surface area contributed by atoms with E-state index >= 15 is 0 Å². The normalized spacial score (nSPS) is 11.5. The number of amides is 1. The number of nitrogens with zero attached hydrogens (tertiary/aromatic N) is 4. The van der Waals surface area contributed by atoms with Gasteiger partial charge < -0.3 is 14.2 Å². The number of anilines is 2. The van der Waals surface area contributed by atoms with E-state index in [1.54, 1.807) is 61.6 Å². The molecule has 0 saturated carbocycles. The molecule has 0 bridgehead atoms. The van der Waals surface area contributed by atoms with Crippen LogP contribution in [0.15, 0.2) is 87.0 Å². The van der Waals surface area contributed by atoms with Gasteiger partial charge in [0.15, 0.2) is 5.82 Å². The van der Waals surface area contributed by atoms with Crippen LogP contribution < -0.4 is 15.2 Å². The van der Waals surface area contributed by atoms with E-state index in [4.69, 9.17) is 14.2 Å². The van der Waals surface area contributed by atoms with Gasteiger partial charge in [0.05, 0.1) is 24.5 Å². The number of carbonyl (C=O) groups excluding carboxylic acids is 1. The molecule has 0 spiro atoms. The molecule has 3 aromatic carbocycles. The highest BCUT2D eigenvalue weighted by molar-refractivity contribution is 7.92. The van der Waals surface area contributed by atoms with Crippen LogP contribution in [0.5, 0.6) is 0 Å². The summed E-state index contributed by atoms with van der Waals surface area (Å²) in [6, 6.07) is 21.8. The Kier molecular flexibility index (Phi) is 11.9. The first-order chi connectivity index (χ1) is 24.4. The molecule has 0 radical (unpaired) electrons. The maximum atomic E-state index is 14.2. The first kappa shape index (κ1) is 37.2. The zero-order valence-corrected chi connectivity index (χ0v) is 30.8. The number of para-hydroxylation sites is 1. The number of ether oxygens (including phenoxy) is 1. The third kappa shape index (κ3) is 8.46. The van der Waals surface area contributed by atoms with Crippen molar-refractivity contribution in [2.75, 3.05) is 23.3 Å². The number of aromatic nitrogens is 3. The number of unbranched alkanes of at least 4 members (excludes halogenated alkanes) is 1. The van der Waals surface area contributed by atoms with Gasteiger partial charge >= 0.3 is 0 Å². The SMILES string of the molecule is CCCCc1nc(C)c(CC(=O)N(C)c2ccccc2)c(=O)n1Cc1ccc(-c2ccccc2S(=O)(=O)Nc2noc(C)c2C)c(COCC)c1. The molecule has 0 fully saturated rings. The van der Waals surface area contributed by atoms with Crippen LogP contribution in [0.1, 0.15) is 66.2 Å². The molecule has 1 N–H and O–H groups in total. The first-order valence-corrected chi connectivity index (χ1v) is 18.6. The summed E-state index contributed by atoms with van der Waals surface area (Å²) in [6.45, 7) is 10.1. The molecular formula is C39H45N5O6S. The van der Waals surface area contributed by atoms with Crippen LogP contribution in [0.25, 0.3) is 11.1 Å². The van der Waals surface area contributed by atoms with E-state index in [9.17, 15) is 18.0 Å². The van der Waals surface area contributed by atoms with Crippen molar-refractivity contribution in [3.63, 3.8) is 0 Å². The van der Waals surface area contributed by atoms with Gasteiger partial charge in [-0.2, -0.15) is 0 Å². The molecule has 51 heavy (non-hydrogen) atoms. The minimum Gasteiger partial charge on any atom is -0.377 e. The van der Waals surface area contributed by atoms with E-state index in [-0.39, 0.29) is 41.8 Å². The van der Waals surface area contributed by atoms with Gasteiger partial charge in [-0.15, -0.1) is 0 Å².